The summed E-state index contributed by atoms with van der Waals surface area (Å²) in [5.41, 5.74) is 38.4. The molecule has 0 unspecified atom stereocenters. The number of fused-ring (bicyclic) bond motifs is 16. The molecule has 0 amide bonds. The molecule has 4 spiro atoms. The number of hydrogen-bond acceptors (Lipinski definition) is 14. The molecule has 12 aromatic rings. The number of nitrogens with zero attached hydrogens (tertiary/aromatic N) is 9. The van der Waals surface area contributed by atoms with Crippen molar-refractivity contribution in [1.29, 1.82) is 0 Å². The van der Waals surface area contributed by atoms with E-state index in [4.69, 9.17) is 0 Å². The molecule has 8 aromatic carbocycles. The van der Waals surface area contributed by atoms with Crippen LogP contribution >= 0.6 is 15.9 Å². The molecule has 612 valence electrons. The summed E-state index contributed by atoms with van der Waals surface area (Å²) in [7, 11) is 0. The van der Waals surface area contributed by atoms with Gasteiger partial charge in [-0.3, -0.25) is 31.8 Å². The lowest BCUT2D eigenvalue weighted by atomic mass is 9.77. The fourth-order valence-corrected chi connectivity index (χ4v) is 22.6. The van der Waals surface area contributed by atoms with Gasteiger partial charge in [0.15, 0.2) is 0 Å². The first-order valence-electron chi connectivity index (χ1n) is 43.8. The van der Waals surface area contributed by atoms with Gasteiger partial charge in [0.25, 0.3) is 5.69 Å². The summed E-state index contributed by atoms with van der Waals surface area (Å²) < 4.78 is 24.8. The van der Waals surface area contributed by atoms with Crippen LogP contribution in [-0.2, 0) is 47.8 Å². The van der Waals surface area contributed by atoms with Crippen LogP contribution in [0.4, 0.5) is 32.8 Å². The summed E-state index contributed by atoms with van der Waals surface area (Å²) in [6, 6.07) is 68.6. The molecule has 0 saturated carbocycles. The van der Waals surface area contributed by atoms with Crippen LogP contribution in [0.5, 0.6) is 0 Å². The fraction of sp³-hybridized carbons (Fsp3) is 0.320. The van der Waals surface area contributed by atoms with Crippen molar-refractivity contribution >= 4 is 111 Å². The van der Waals surface area contributed by atoms with Crippen LogP contribution in [0.3, 0.4) is 0 Å². The van der Waals surface area contributed by atoms with Gasteiger partial charge in [0.2, 0.25) is 0 Å². The number of para-hydroxylation sites is 5. The predicted octanol–water partition coefficient (Wildman–Crippen LogP) is 21.4. The molecule has 19 nitrogen and oxygen atoms in total. The van der Waals surface area contributed by atoms with Gasteiger partial charge in [-0.15, -0.1) is 0 Å². The number of anilines is 4. The number of halogens is 2. The number of rotatable bonds is 9. The number of benzene rings is 8. The van der Waals surface area contributed by atoms with E-state index < -0.39 is 4.92 Å². The third-order valence-corrected chi connectivity index (χ3v) is 28.7. The molecule has 0 saturated heterocycles. The van der Waals surface area contributed by atoms with Crippen LogP contribution in [0.15, 0.2) is 274 Å². The van der Waals surface area contributed by atoms with Crippen molar-refractivity contribution in [3.63, 3.8) is 0 Å². The molecule has 8 atom stereocenters. The van der Waals surface area contributed by atoms with Gasteiger partial charge < -0.3 is 39.5 Å². The lowest BCUT2D eigenvalue weighted by Gasteiger charge is -2.45. The van der Waals surface area contributed by atoms with Gasteiger partial charge in [-0.05, 0) is 298 Å². The van der Waals surface area contributed by atoms with E-state index >= 15 is 0 Å². The Balaban J connectivity index is 0.0000000996. The van der Waals surface area contributed by atoms with Crippen molar-refractivity contribution in [2.45, 2.75) is 175 Å². The molecular weight excluding hydrogens is 1570 g/mol. The van der Waals surface area contributed by atoms with E-state index in [2.05, 4.69) is 243 Å². The highest BCUT2D eigenvalue weighted by molar-refractivity contribution is 9.10. The number of hydrogen-bond donors (Lipinski definition) is 8. The molecule has 0 bridgehead atoms. The van der Waals surface area contributed by atoms with E-state index in [1.54, 1.807) is 41.0 Å². The molecule has 4 aromatic heterocycles. The van der Waals surface area contributed by atoms with Crippen LogP contribution in [0.2, 0.25) is 0 Å². The molecule has 0 fully saturated rings. The Labute approximate surface area is 712 Å². The van der Waals surface area contributed by atoms with Crippen LogP contribution in [-0.4, -0.2) is 72.2 Å². The first-order chi connectivity index (χ1) is 59.5. The first kappa shape index (κ1) is 76.8. The van der Waals surface area contributed by atoms with Crippen LogP contribution < -0.4 is 43.0 Å². The summed E-state index contributed by atoms with van der Waals surface area (Å²) >= 11 is 3.48. The third-order valence-electron chi connectivity index (χ3n) is 28.2. The van der Waals surface area contributed by atoms with Crippen molar-refractivity contribution in [1.82, 2.24) is 39.5 Å². The first-order valence-corrected chi connectivity index (χ1v) is 44.6. The highest BCUT2D eigenvalue weighted by atomic mass is 79.9. The molecule has 121 heavy (non-hydrogen) atoms. The van der Waals surface area contributed by atoms with E-state index in [0.717, 1.165) is 173 Å². The molecular formula is C100H101BrFN17O2. The minimum absolute atomic E-state index is 0.00488. The Hall–Kier alpha value is -11.6. The number of nitro groups is 1. The number of allylic oxidation sites excluding steroid dienone is 8. The largest absolute Gasteiger partial charge is 0.333 e. The van der Waals surface area contributed by atoms with E-state index in [1.165, 1.54) is 128 Å². The predicted molar refractivity (Wildman–Crippen MR) is 492 cm³/mol. The molecule has 0 radical (unpaired) electrons. The quantitative estimate of drug-likeness (QED) is 0.0506. The Kier molecular flexibility index (Phi) is 20.4. The van der Waals surface area contributed by atoms with Gasteiger partial charge in [-0.2, -0.15) is 20.4 Å². The van der Waals surface area contributed by atoms with Gasteiger partial charge in [-0.1, -0.05) is 131 Å². The average molecular weight is 1670 g/mol. The molecule has 24 rings (SSSR count). The second-order valence-corrected chi connectivity index (χ2v) is 35.8. The molecule has 12 heterocycles. The van der Waals surface area contributed by atoms with Gasteiger partial charge in [-0.25, -0.2) is 4.39 Å². The number of nitrogens with one attached hydrogen (secondary N) is 8. The van der Waals surface area contributed by atoms with Gasteiger partial charge in [0.1, 0.15) is 5.82 Å². The number of aromatic nitrogens is 4. The number of nitro benzene ring substituents is 1. The van der Waals surface area contributed by atoms with E-state index in [-0.39, 0.29) is 33.7 Å². The Morgan fingerprint density at radius 1 is 0.347 bits per heavy atom. The average Bonchev–Trinajstić information content (AvgIpc) is 1.58. The van der Waals surface area contributed by atoms with Gasteiger partial charge in [0, 0.05) is 107 Å². The minimum Gasteiger partial charge on any atom is -0.333 e. The van der Waals surface area contributed by atoms with Crippen molar-refractivity contribution in [2.75, 3.05) is 47.9 Å². The van der Waals surface area contributed by atoms with E-state index in [0.29, 0.717) is 24.2 Å². The molecule has 8 N–H and O–H groups in total. The Bertz CT molecular complexity index is 6080. The van der Waals surface area contributed by atoms with E-state index in [9.17, 15) is 14.5 Å². The summed E-state index contributed by atoms with van der Waals surface area (Å²) in [6.07, 6.45) is 40.3. The van der Waals surface area contributed by atoms with Gasteiger partial charge >= 0.3 is 0 Å². The summed E-state index contributed by atoms with van der Waals surface area (Å²) in [4.78, 5) is 10.4. The maximum Gasteiger partial charge on any atom is 0.269 e. The van der Waals surface area contributed by atoms with Crippen LogP contribution in [0, 0.1) is 15.9 Å². The second-order valence-electron chi connectivity index (χ2n) is 34.8. The summed E-state index contributed by atoms with van der Waals surface area (Å²) in [5, 5.41) is 50.0. The standard InChI is InChI=1S/C25H25BrN4.C25H25FN4.C25H25N5O2.C25H26N4/c2*26-17-5-7-18(8-6-17)28-29-19-9-13-25(14-10-19)15-11-22-24-21(12-16-27-22)20-3-1-2-4-23(20)30(24)25;31-30(32)19-7-5-17(6-8-19)27-28-18-9-13-25(14-10-18)15-11-22-24-21(12-16-26-22)20-3-1-2-4-23(20)29(24)25;1-2-6-18(7-3-1)27-28-19-10-14-25(15-11-19)16-12-22-24-21(13-17-26-22)20-8-4-5-9-23(20)29(24)25/h2*1-9,13,22,27-28H,10-12,14-16H2;1-9,13,22,26-27H,10-12,14-16H2;1-10,14,22,26-27H,11-13,15-17H2/b2*29-19+;28-18+;28-19+/t4*22-,25+/m0000/s1. The van der Waals surface area contributed by atoms with Crippen LogP contribution in [0.1, 0.15) is 172 Å². The Morgan fingerprint density at radius 3 is 0.909 bits per heavy atom. The third kappa shape index (κ3) is 14.2. The van der Waals surface area contributed by atoms with Crippen LogP contribution in [0.25, 0.3) is 43.6 Å². The normalized spacial score (nSPS) is 26.1. The lowest BCUT2D eigenvalue weighted by Crippen LogP contribution is -2.44. The molecule has 4 aliphatic carbocycles. The second kappa shape index (κ2) is 32.1. The fourth-order valence-electron chi connectivity index (χ4n) is 22.4. The van der Waals surface area contributed by atoms with Crippen molar-refractivity contribution in [3.8, 4) is 0 Å². The lowest BCUT2D eigenvalue weighted by molar-refractivity contribution is -0.384. The SMILES string of the molecule is Brc1ccc(N/N=C2\C=C[C@@]3(CC2)CC[C@@H]2NCCc4c2n3c2ccccc42)cc1.C1=C[C@@]2(CC/C1=N/Nc1ccccc1)CC[C@@H]1NCCc3c1n2c1ccccc31.Fc1ccc(N/N=C2\C=C[C@@]3(CC2)CC[C@@H]2NCCc4c2n3c2ccccc42)cc1.O=[N+]([O-])c1ccc(N/N=C2\C=C[C@@]3(CC2)CC[C@@H]2NCCc4c2n3c2ccccc42)cc1. The maximum absolute atomic E-state index is 13.1. The van der Waals surface area contributed by atoms with Crippen molar-refractivity contribution in [3.05, 3.63) is 314 Å². The summed E-state index contributed by atoms with van der Waals surface area (Å²) in [5.74, 6) is -0.236. The van der Waals surface area contributed by atoms with Crippen molar-refractivity contribution < 1.29 is 9.31 Å². The number of non-ortho nitro benzene ring substituents is 1. The van der Waals surface area contributed by atoms with E-state index in [1.807, 2.05) is 54.6 Å². The zero-order chi connectivity index (χ0) is 81.2. The number of hydrazone groups is 4. The molecule has 12 aliphatic rings. The molecule has 21 heteroatoms. The smallest absolute Gasteiger partial charge is 0.269 e. The van der Waals surface area contributed by atoms with Gasteiger partial charge in [0.05, 0.1) is 72.7 Å². The molecule has 8 aliphatic heterocycles. The van der Waals surface area contributed by atoms with Crippen molar-refractivity contribution in [2.24, 2.45) is 20.4 Å². The topological polar surface area (TPSA) is 209 Å². The zero-order valence-electron chi connectivity index (χ0n) is 68.0. The minimum atomic E-state index is -0.396. The monoisotopic (exact) mass is 1670 g/mol. The highest BCUT2D eigenvalue weighted by Gasteiger charge is 2.48. The summed E-state index contributed by atoms with van der Waals surface area (Å²) in [6.45, 7) is 4.31. The zero-order valence-corrected chi connectivity index (χ0v) is 69.6. The highest BCUT2D eigenvalue weighted by Crippen LogP contribution is 2.54. The Morgan fingerprint density at radius 2 is 0.620 bits per heavy atom. The maximum atomic E-state index is 13.1.